The lowest BCUT2D eigenvalue weighted by Crippen LogP contribution is -2.24. The van der Waals surface area contributed by atoms with Crippen molar-refractivity contribution < 1.29 is 4.79 Å². The normalized spacial score (nSPS) is 12.5. The van der Waals surface area contributed by atoms with Gasteiger partial charge in [-0.1, -0.05) is 26.8 Å². The van der Waals surface area contributed by atoms with Crippen LogP contribution < -0.4 is 11.1 Å². The van der Waals surface area contributed by atoms with E-state index in [9.17, 15) is 4.79 Å². The van der Waals surface area contributed by atoms with Crippen molar-refractivity contribution in [3.8, 4) is 0 Å². The molecule has 0 saturated carbocycles. The Bertz CT molecular complexity index is 349. The Hall–Kier alpha value is -1.58. The number of nitrogens with zero attached hydrogens (tertiary/aromatic N) is 1. The van der Waals surface area contributed by atoms with Crippen molar-refractivity contribution in [2.75, 3.05) is 11.1 Å². The van der Waals surface area contributed by atoms with Crippen LogP contribution in [0.15, 0.2) is 18.2 Å². The van der Waals surface area contributed by atoms with E-state index in [0.717, 1.165) is 0 Å². The SMILES string of the molecule is CC(C)C(C)C(=O)Nc1cccc(N)n1. The van der Waals surface area contributed by atoms with Crippen LogP contribution in [0, 0.1) is 11.8 Å². The number of hydrogen-bond donors (Lipinski definition) is 2. The Morgan fingerprint density at radius 3 is 2.60 bits per heavy atom. The topological polar surface area (TPSA) is 68.0 Å². The lowest BCUT2D eigenvalue weighted by atomic mass is 9.97. The van der Waals surface area contributed by atoms with Gasteiger partial charge in [-0.15, -0.1) is 0 Å². The molecule has 15 heavy (non-hydrogen) atoms. The summed E-state index contributed by atoms with van der Waals surface area (Å²) in [6.45, 7) is 5.92. The quantitative estimate of drug-likeness (QED) is 0.795. The first kappa shape index (κ1) is 11.5. The number of aromatic nitrogens is 1. The van der Waals surface area contributed by atoms with Crippen LogP contribution in [0.2, 0.25) is 0 Å². The largest absolute Gasteiger partial charge is 0.384 e. The molecule has 4 nitrogen and oxygen atoms in total. The van der Waals surface area contributed by atoms with E-state index < -0.39 is 0 Å². The standard InChI is InChI=1S/C11H17N3O/c1-7(2)8(3)11(15)14-10-6-4-5-9(12)13-10/h4-8H,1-3H3,(H3,12,13,14,15). The highest BCUT2D eigenvalue weighted by molar-refractivity contribution is 5.91. The van der Waals surface area contributed by atoms with Gasteiger partial charge in [0.2, 0.25) is 5.91 Å². The number of nitrogens with two attached hydrogens (primary N) is 1. The van der Waals surface area contributed by atoms with Gasteiger partial charge in [0.15, 0.2) is 0 Å². The first-order chi connectivity index (χ1) is 7.00. The maximum absolute atomic E-state index is 11.7. The molecule has 0 spiro atoms. The fourth-order valence-corrected chi connectivity index (χ4v) is 1.06. The Labute approximate surface area is 89.9 Å². The summed E-state index contributed by atoms with van der Waals surface area (Å²) in [6, 6.07) is 5.17. The van der Waals surface area contributed by atoms with Crippen LogP contribution in [0.1, 0.15) is 20.8 Å². The molecule has 0 fully saturated rings. The second kappa shape index (κ2) is 4.77. The molecule has 0 aliphatic heterocycles. The lowest BCUT2D eigenvalue weighted by molar-refractivity contribution is -0.120. The maximum Gasteiger partial charge on any atom is 0.228 e. The van der Waals surface area contributed by atoms with Crippen LogP contribution in [0.4, 0.5) is 11.6 Å². The molecule has 0 aliphatic carbocycles. The van der Waals surface area contributed by atoms with Crippen LogP contribution in [-0.2, 0) is 4.79 Å². The van der Waals surface area contributed by atoms with E-state index in [0.29, 0.717) is 17.6 Å². The number of carbonyl (C=O) groups excluding carboxylic acids is 1. The van der Waals surface area contributed by atoms with Crippen molar-refractivity contribution in [1.29, 1.82) is 0 Å². The average molecular weight is 207 g/mol. The number of pyridine rings is 1. The fourth-order valence-electron chi connectivity index (χ4n) is 1.06. The van der Waals surface area contributed by atoms with E-state index in [2.05, 4.69) is 10.3 Å². The molecular weight excluding hydrogens is 190 g/mol. The van der Waals surface area contributed by atoms with Gasteiger partial charge in [-0.2, -0.15) is 0 Å². The highest BCUT2D eigenvalue weighted by Gasteiger charge is 2.16. The van der Waals surface area contributed by atoms with Gasteiger partial charge in [-0.3, -0.25) is 4.79 Å². The zero-order chi connectivity index (χ0) is 11.4. The zero-order valence-electron chi connectivity index (χ0n) is 9.32. The second-order valence-corrected chi connectivity index (χ2v) is 3.97. The number of anilines is 2. The van der Waals surface area contributed by atoms with E-state index in [1.165, 1.54) is 0 Å². The van der Waals surface area contributed by atoms with Crippen molar-refractivity contribution in [1.82, 2.24) is 4.98 Å². The van der Waals surface area contributed by atoms with Gasteiger partial charge in [0.1, 0.15) is 11.6 Å². The van der Waals surface area contributed by atoms with E-state index in [1.807, 2.05) is 20.8 Å². The average Bonchev–Trinajstić information content (AvgIpc) is 2.16. The molecule has 1 amide bonds. The molecule has 0 radical (unpaired) electrons. The summed E-state index contributed by atoms with van der Waals surface area (Å²) in [5, 5.41) is 2.73. The predicted molar refractivity (Wildman–Crippen MR) is 61.3 cm³/mol. The summed E-state index contributed by atoms with van der Waals surface area (Å²) in [5.41, 5.74) is 5.51. The third kappa shape index (κ3) is 3.23. The van der Waals surface area contributed by atoms with Crippen LogP contribution in [0.5, 0.6) is 0 Å². The minimum atomic E-state index is -0.0340. The van der Waals surface area contributed by atoms with Gasteiger partial charge in [0.05, 0.1) is 0 Å². The van der Waals surface area contributed by atoms with Crippen LogP contribution >= 0.6 is 0 Å². The van der Waals surface area contributed by atoms with Gasteiger partial charge in [0, 0.05) is 5.92 Å². The van der Waals surface area contributed by atoms with Gasteiger partial charge in [0.25, 0.3) is 0 Å². The molecule has 0 aromatic carbocycles. The minimum Gasteiger partial charge on any atom is -0.384 e. The molecule has 82 valence electrons. The molecule has 1 atom stereocenters. The van der Waals surface area contributed by atoms with Crippen molar-refractivity contribution in [2.45, 2.75) is 20.8 Å². The Morgan fingerprint density at radius 1 is 1.40 bits per heavy atom. The summed E-state index contributed by atoms with van der Waals surface area (Å²) in [6.07, 6.45) is 0. The second-order valence-electron chi connectivity index (χ2n) is 3.97. The smallest absolute Gasteiger partial charge is 0.228 e. The van der Waals surface area contributed by atoms with Crippen molar-refractivity contribution >= 4 is 17.5 Å². The van der Waals surface area contributed by atoms with E-state index >= 15 is 0 Å². The van der Waals surface area contributed by atoms with E-state index in [1.54, 1.807) is 18.2 Å². The number of rotatable bonds is 3. The molecule has 1 rings (SSSR count). The Morgan fingerprint density at radius 2 is 2.07 bits per heavy atom. The highest BCUT2D eigenvalue weighted by Crippen LogP contribution is 2.13. The molecule has 1 aromatic rings. The summed E-state index contributed by atoms with van der Waals surface area (Å²) in [7, 11) is 0. The van der Waals surface area contributed by atoms with Crippen molar-refractivity contribution in [2.24, 2.45) is 11.8 Å². The van der Waals surface area contributed by atoms with Crippen molar-refractivity contribution in [3.05, 3.63) is 18.2 Å². The van der Waals surface area contributed by atoms with Crippen LogP contribution in [-0.4, -0.2) is 10.9 Å². The monoisotopic (exact) mass is 207 g/mol. The first-order valence-corrected chi connectivity index (χ1v) is 5.04. The lowest BCUT2D eigenvalue weighted by Gasteiger charge is -2.14. The summed E-state index contributed by atoms with van der Waals surface area (Å²) in [4.78, 5) is 15.7. The molecule has 0 aliphatic rings. The number of nitrogen functional groups attached to an aromatic ring is 1. The van der Waals surface area contributed by atoms with E-state index in [-0.39, 0.29) is 11.8 Å². The summed E-state index contributed by atoms with van der Waals surface area (Å²) < 4.78 is 0. The van der Waals surface area contributed by atoms with Gasteiger partial charge >= 0.3 is 0 Å². The van der Waals surface area contributed by atoms with Gasteiger partial charge in [-0.25, -0.2) is 4.98 Å². The maximum atomic E-state index is 11.7. The van der Waals surface area contributed by atoms with Crippen LogP contribution in [0.25, 0.3) is 0 Å². The minimum absolute atomic E-state index is 0.0249. The number of carbonyl (C=O) groups is 1. The highest BCUT2D eigenvalue weighted by atomic mass is 16.1. The van der Waals surface area contributed by atoms with E-state index in [4.69, 9.17) is 5.73 Å². The zero-order valence-corrected chi connectivity index (χ0v) is 9.32. The molecular formula is C11H17N3O. The molecule has 1 aromatic heterocycles. The third-order valence-corrected chi connectivity index (χ3v) is 2.44. The molecule has 0 saturated heterocycles. The fraction of sp³-hybridized carbons (Fsp3) is 0.455. The summed E-state index contributed by atoms with van der Waals surface area (Å²) in [5.74, 6) is 1.17. The predicted octanol–water partition coefficient (Wildman–Crippen LogP) is 1.89. The van der Waals surface area contributed by atoms with Crippen LogP contribution in [0.3, 0.4) is 0 Å². The summed E-state index contributed by atoms with van der Waals surface area (Å²) >= 11 is 0. The van der Waals surface area contributed by atoms with Gasteiger partial charge in [-0.05, 0) is 18.1 Å². The number of nitrogens with one attached hydrogen (secondary N) is 1. The first-order valence-electron chi connectivity index (χ1n) is 5.04. The van der Waals surface area contributed by atoms with Gasteiger partial charge < -0.3 is 11.1 Å². The number of amides is 1. The molecule has 1 heterocycles. The molecule has 3 N–H and O–H groups in total. The third-order valence-electron chi connectivity index (χ3n) is 2.44. The molecule has 0 bridgehead atoms. The molecule has 1 unspecified atom stereocenters. The Kier molecular flexibility index (Phi) is 3.66. The Balaban J connectivity index is 2.66. The molecule has 4 heteroatoms. The number of hydrogen-bond acceptors (Lipinski definition) is 3. The van der Waals surface area contributed by atoms with Crippen molar-refractivity contribution in [3.63, 3.8) is 0 Å².